The average Bonchev–Trinajstić information content (AvgIpc) is 2.56. The largest absolute Gasteiger partial charge is 0.307 e. The van der Waals surface area contributed by atoms with Gasteiger partial charge in [0.15, 0.2) is 5.78 Å². The maximum Gasteiger partial charge on any atom is 0.150 e. The Balaban J connectivity index is 2.21. The van der Waals surface area contributed by atoms with E-state index >= 15 is 0 Å². The van der Waals surface area contributed by atoms with E-state index in [0.717, 1.165) is 19.4 Å². The zero-order chi connectivity index (χ0) is 8.81. The van der Waals surface area contributed by atoms with Crippen LogP contribution < -0.4 is 5.32 Å². The van der Waals surface area contributed by atoms with Crippen LogP contribution >= 0.6 is 0 Å². The smallest absolute Gasteiger partial charge is 0.150 e. The summed E-state index contributed by atoms with van der Waals surface area (Å²) in [4.78, 5) is 11.4. The Morgan fingerprint density at radius 2 is 2.50 bits per heavy atom. The van der Waals surface area contributed by atoms with E-state index in [2.05, 4.69) is 17.2 Å². The highest BCUT2D eigenvalue weighted by Crippen LogP contribution is 2.08. The molecule has 0 bridgehead atoms. The van der Waals surface area contributed by atoms with Crippen LogP contribution in [0.4, 0.5) is 0 Å². The lowest BCUT2D eigenvalue weighted by molar-refractivity contribution is -0.120. The first-order valence-corrected chi connectivity index (χ1v) is 4.50. The summed E-state index contributed by atoms with van der Waals surface area (Å²) in [7, 11) is 0. The Morgan fingerprint density at radius 3 is 3.08 bits per heavy atom. The van der Waals surface area contributed by atoms with Crippen LogP contribution in [0.15, 0.2) is 0 Å². The number of hydrogen-bond acceptors (Lipinski definition) is 2. The third kappa shape index (κ3) is 2.67. The number of Topliss-reactive ketones (excluding diaryl/α,β-unsaturated/α-hetero) is 1. The molecule has 1 aliphatic rings. The lowest BCUT2D eigenvalue weighted by atomic mass is 10.1. The third-order valence-corrected chi connectivity index (χ3v) is 2.12. The molecule has 12 heavy (non-hydrogen) atoms. The van der Waals surface area contributed by atoms with Gasteiger partial charge in [-0.25, -0.2) is 0 Å². The van der Waals surface area contributed by atoms with Crippen LogP contribution in [0.5, 0.6) is 0 Å². The fraction of sp³-hybridized carbons (Fsp3) is 0.700. The standard InChI is InChI=1S/C10H15NO/c1-2-3-4-7-10(12)9-6-5-8-11-9/h9,11H,4-8H2,1H3. The first-order valence-electron chi connectivity index (χ1n) is 4.50. The van der Waals surface area contributed by atoms with Crippen LogP contribution in [0.25, 0.3) is 0 Å². The van der Waals surface area contributed by atoms with Gasteiger partial charge >= 0.3 is 0 Å². The molecule has 1 rings (SSSR count). The van der Waals surface area contributed by atoms with E-state index in [1.54, 1.807) is 6.92 Å². The fourth-order valence-electron chi connectivity index (χ4n) is 1.44. The van der Waals surface area contributed by atoms with Crippen molar-refractivity contribution in [3.63, 3.8) is 0 Å². The van der Waals surface area contributed by atoms with Crippen LogP contribution in [0.2, 0.25) is 0 Å². The van der Waals surface area contributed by atoms with Gasteiger partial charge in [-0.1, -0.05) is 0 Å². The van der Waals surface area contributed by atoms with Gasteiger partial charge in [0, 0.05) is 12.8 Å². The van der Waals surface area contributed by atoms with Gasteiger partial charge in [0.25, 0.3) is 0 Å². The maximum atomic E-state index is 11.4. The van der Waals surface area contributed by atoms with Crippen molar-refractivity contribution >= 4 is 5.78 Å². The molecule has 1 unspecified atom stereocenters. The van der Waals surface area contributed by atoms with Gasteiger partial charge in [0.1, 0.15) is 0 Å². The van der Waals surface area contributed by atoms with Gasteiger partial charge in [-0.05, 0) is 26.3 Å². The first-order chi connectivity index (χ1) is 5.84. The molecule has 2 nitrogen and oxygen atoms in total. The maximum absolute atomic E-state index is 11.4. The summed E-state index contributed by atoms with van der Waals surface area (Å²) in [6.45, 7) is 2.80. The molecule has 1 N–H and O–H groups in total. The van der Waals surface area contributed by atoms with E-state index in [1.165, 1.54) is 0 Å². The van der Waals surface area contributed by atoms with E-state index in [9.17, 15) is 4.79 Å². The quantitative estimate of drug-likeness (QED) is 0.635. The Morgan fingerprint density at radius 1 is 1.67 bits per heavy atom. The van der Waals surface area contributed by atoms with Crippen LogP contribution in [0.1, 0.15) is 32.6 Å². The number of carbonyl (C=O) groups is 1. The summed E-state index contributed by atoms with van der Waals surface area (Å²) in [6, 6.07) is 0.128. The number of carbonyl (C=O) groups excluding carboxylic acids is 1. The number of hydrogen-bond donors (Lipinski definition) is 1. The summed E-state index contributed by atoms with van der Waals surface area (Å²) in [5.74, 6) is 6.02. The van der Waals surface area contributed by atoms with Crippen LogP contribution in [0.3, 0.4) is 0 Å². The highest BCUT2D eigenvalue weighted by atomic mass is 16.1. The summed E-state index contributed by atoms with van der Waals surface area (Å²) in [5.41, 5.74) is 0. The lowest BCUT2D eigenvalue weighted by Gasteiger charge is -2.06. The van der Waals surface area contributed by atoms with Gasteiger partial charge in [-0.15, -0.1) is 11.8 Å². The normalized spacial score (nSPS) is 21.6. The van der Waals surface area contributed by atoms with Gasteiger partial charge in [-0.3, -0.25) is 4.79 Å². The van der Waals surface area contributed by atoms with Gasteiger partial charge in [0.2, 0.25) is 0 Å². The molecule has 1 fully saturated rings. The molecule has 1 aliphatic heterocycles. The molecule has 1 heterocycles. The fourth-order valence-corrected chi connectivity index (χ4v) is 1.44. The third-order valence-electron chi connectivity index (χ3n) is 2.12. The van der Waals surface area contributed by atoms with E-state index < -0.39 is 0 Å². The number of ketones is 1. The van der Waals surface area contributed by atoms with Gasteiger partial charge < -0.3 is 5.32 Å². The molecule has 0 radical (unpaired) electrons. The van der Waals surface area contributed by atoms with Crippen molar-refractivity contribution < 1.29 is 4.79 Å². The molecule has 0 aromatic carbocycles. The average molecular weight is 165 g/mol. The predicted molar refractivity (Wildman–Crippen MR) is 48.7 cm³/mol. The number of rotatable bonds is 3. The summed E-state index contributed by atoms with van der Waals surface area (Å²) >= 11 is 0. The van der Waals surface area contributed by atoms with Crippen LogP contribution in [0, 0.1) is 11.8 Å². The summed E-state index contributed by atoms with van der Waals surface area (Å²) in [5, 5.41) is 3.19. The topological polar surface area (TPSA) is 29.1 Å². The second-order valence-corrected chi connectivity index (χ2v) is 3.04. The van der Waals surface area contributed by atoms with Crippen molar-refractivity contribution in [3.05, 3.63) is 0 Å². The molecule has 0 spiro atoms. The second kappa shape index (κ2) is 4.95. The van der Waals surface area contributed by atoms with E-state index in [0.29, 0.717) is 18.6 Å². The predicted octanol–water partition coefficient (Wildman–Crippen LogP) is 1.11. The van der Waals surface area contributed by atoms with Gasteiger partial charge in [-0.2, -0.15) is 0 Å². The molecule has 1 atom stereocenters. The number of nitrogens with one attached hydrogen (secondary N) is 1. The first kappa shape index (κ1) is 9.28. The molecule has 0 saturated carbocycles. The van der Waals surface area contributed by atoms with Crippen molar-refractivity contribution in [2.24, 2.45) is 0 Å². The van der Waals surface area contributed by atoms with Crippen molar-refractivity contribution in [2.75, 3.05) is 6.54 Å². The summed E-state index contributed by atoms with van der Waals surface area (Å²) < 4.78 is 0. The molecule has 0 aliphatic carbocycles. The molecule has 0 aromatic rings. The Labute approximate surface area is 73.7 Å². The molecule has 0 aromatic heterocycles. The van der Waals surface area contributed by atoms with Crippen LogP contribution in [-0.4, -0.2) is 18.4 Å². The van der Waals surface area contributed by atoms with Gasteiger partial charge in [0.05, 0.1) is 6.04 Å². The van der Waals surface area contributed by atoms with Crippen molar-refractivity contribution in [1.82, 2.24) is 5.32 Å². The zero-order valence-electron chi connectivity index (χ0n) is 7.52. The Bertz CT molecular complexity index is 206. The minimum absolute atomic E-state index is 0.128. The summed E-state index contributed by atoms with van der Waals surface area (Å²) in [6.07, 6.45) is 3.47. The molecular formula is C10H15NO. The molecule has 1 saturated heterocycles. The van der Waals surface area contributed by atoms with Crippen LogP contribution in [-0.2, 0) is 4.79 Å². The SMILES string of the molecule is CC#CCCC(=O)C1CCCN1. The molecule has 0 amide bonds. The molecular weight excluding hydrogens is 150 g/mol. The monoisotopic (exact) mass is 165 g/mol. The van der Waals surface area contributed by atoms with E-state index in [4.69, 9.17) is 0 Å². The molecule has 66 valence electrons. The highest BCUT2D eigenvalue weighted by molar-refractivity contribution is 5.84. The molecule has 2 heteroatoms. The van der Waals surface area contributed by atoms with Crippen molar-refractivity contribution in [3.8, 4) is 11.8 Å². The van der Waals surface area contributed by atoms with Crippen molar-refractivity contribution in [1.29, 1.82) is 0 Å². The Kier molecular flexibility index (Phi) is 3.83. The van der Waals surface area contributed by atoms with Crippen molar-refractivity contribution in [2.45, 2.75) is 38.6 Å². The highest BCUT2D eigenvalue weighted by Gasteiger charge is 2.20. The zero-order valence-corrected chi connectivity index (χ0v) is 7.52. The second-order valence-electron chi connectivity index (χ2n) is 3.04. The Hall–Kier alpha value is -0.810. The lowest BCUT2D eigenvalue weighted by Crippen LogP contribution is -2.30. The van der Waals surface area contributed by atoms with E-state index in [-0.39, 0.29) is 6.04 Å². The minimum atomic E-state index is 0.128. The van der Waals surface area contributed by atoms with E-state index in [1.807, 2.05) is 0 Å². The minimum Gasteiger partial charge on any atom is -0.307 e.